The molecule has 31 heavy (non-hydrogen) atoms. The van der Waals surface area contributed by atoms with Gasteiger partial charge in [-0.05, 0) is 62.9 Å². The molecule has 1 saturated heterocycles. The quantitative estimate of drug-likeness (QED) is 0.603. The van der Waals surface area contributed by atoms with Gasteiger partial charge in [0.1, 0.15) is 0 Å². The van der Waals surface area contributed by atoms with E-state index in [0.717, 1.165) is 55.5 Å². The van der Waals surface area contributed by atoms with Gasteiger partial charge in [-0.3, -0.25) is 14.6 Å². The van der Waals surface area contributed by atoms with Gasteiger partial charge in [0.15, 0.2) is 17.3 Å². The molecule has 0 radical (unpaired) electrons. The number of benzene rings is 1. The highest BCUT2D eigenvalue weighted by Gasteiger charge is 2.29. The number of hydrogen-bond acceptors (Lipinski definition) is 5. The molecule has 0 bridgehead atoms. The van der Waals surface area contributed by atoms with Gasteiger partial charge in [-0.25, -0.2) is 0 Å². The van der Waals surface area contributed by atoms with Crippen LogP contribution >= 0.6 is 0 Å². The third-order valence-electron chi connectivity index (χ3n) is 6.76. The second-order valence-electron chi connectivity index (χ2n) is 9.00. The molecule has 168 valence electrons. The SMILES string of the molecule is COc1cc(C)c(CN2CCN(CC(=O)c3cc(C)n(C4CC4)c3C)CC2)cc1OC. The van der Waals surface area contributed by atoms with Crippen LogP contribution in [0, 0.1) is 20.8 Å². The number of aromatic nitrogens is 1. The Labute approximate surface area is 185 Å². The molecule has 1 aliphatic carbocycles. The first kappa shape index (κ1) is 21.9. The summed E-state index contributed by atoms with van der Waals surface area (Å²) in [5, 5.41) is 0. The van der Waals surface area contributed by atoms with Crippen LogP contribution in [0.4, 0.5) is 0 Å². The van der Waals surface area contributed by atoms with Crippen molar-refractivity contribution in [3.05, 3.63) is 46.3 Å². The van der Waals surface area contributed by atoms with E-state index in [-0.39, 0.29) is 5.78 Å². The highest BCUT2D eigenvalue weighted by molar-refractivity contribution is 5.99. The van der Waals surface area contributed by atoms with Gasteiger partial charge in [0, 0.05) is 55.7 Å². The molecule has 2 fully saturated rings. The lowest BCUT2D eigenvalue weighted by Crippen LogP contribution is -2.47. The first-order chi connectivity index (χ1) is 14.9. The number of carbonyl (C=O) groups is 1. The van der Waals surface area contributed by atoms with E-state index in [1.165, 1.54) is 29.7 Å². The molecule has 6 heteroatoms. The van der Waals surface area contributed by atoms with Crippen LogP contribution in [0.1, 0.15) is 51.8 Å². The molecule has 1 aromatic carbocycles. The standard InChI is InChI=1S/C25H35N3O3/c1-17-12-24(30-4)25(31-5)14-20(17)15-26-8-10-27(11-9-26)16-23(29)22-13-18(2)28(19(22)3)21-6-7-21/h12-14,21H,6-11,15-16H2,1-5H3. The topological polar surface area (TPSA) is 46.9 Å². The molecule has 4 rings (SSSR count). The lowest BCUT2D eigenvalue weighted by atomic mass is 10.1. The fraction of sp³-hybridized carbons (Fsp3) is 0.560. The van der Waals surface area contributed by atoms with E-state index >= 15 is 0 Å². The normalized spacial score (nSPS) is 17.7. The van der Waals surface area contributed by atoms with Crippen LogP contribution < -0.4 is 9.47 Å². The monoisotopic (exact) mass is 425 g/mol. The van der Waals surface area contributed by atoms with E-state index < -0.39 is 0 Å². The van der Waals surface area contributed by atoms with Crippen molar-refractivity contribution < 1.29 is 14.3 Å². The number of ketones is 1. The summed E-state index contributed by atoms with van der Waals surface area (Å²) in [7, 11) is 3.34. The van der Waals surface area contributed by atoms with Crippen molar-refractivity contribution in [1.82, 2.24) is 14.4 Å². The average molecular weight is 426 g/mol. The number of piperazine rings is 1. The molecule has 1 saturated carbocycles. The smallest absolute Gasteiger partial charge is 0.178 e. The fourth-order valence-electron chi connectivity index (χ4n) is 4.78. The van der Waals surface area contributed by atoms with E-state index in [1.54, 1.807) is 14.2 Å². The zero-order chi connectivity index (χ0) is 22.1. The van der Waals surface area contributed by atoms with Crippen LogP contribution in [0.2, 0.25) is 0 Å². The Kier molecular flexibility index (Phi) is 6.39. The number of Topliss-reactive ketones (excluding diaryl/α,β-unsaturated/α-hetero) is 1. The minimum absolute atomic E-state index is 0.254. The number of aryl methyl sites for hydroxylation is 2. The number of carbonyl (C=O) groups excluding carboxylic acids is 1. The summed E-state index contributed by atoms with van der Waals surface area (Å²) in [6.45, 7) is 11.5. The number of hydrogen-bond donors (Lipinski definition) is 0. The molecule has 0 atom stereocenters. The fourth-order valence-corrected chi connectivity index (χ4v) is 4.78. The zero-order valence-corrected chi connectivity index (χ0v) is 19.5. The summed E-state index contributed by atoms with van der Waals surface area (Å²) in [5.41, 5.74) is 5.75. The number of ether oxygens (including phenoxy) is 2. The van der Waals surface area contributed by atoms with Crippen molar-refractivity contribution >= 4 is 5.78 Å². The van der Waals surface area contributed by atoms with Crippen molar-refractivity contribution in [3.63, 3.8) is 0 Å². The van der Waals surface area contributed by atoms with Crippen molar-refractivity contribution in [1.29, 1.82) is 0 Å². The summed E-state index contributed by atoms with van der Waals surface area (Å²) in [6.07, 6.45) is 2.48. The number of methoxy groups -OCH3 is 2. The van der Waals surface area contributed by atoms with Crippen LogP contribution in [0.15, 0.2) is 18.2 Å². The summed E-state index contributed by atoms with van der Waals surface area (Å²) in [6, 6.07) is 6.83. The predicted octanol–water partition coefficient (Wildman–Crippen LogP) is 3.77. The minimum atomic E-state index is 0.254. The average Bonchev–Trinajstić information content (AvgIpc) is 3.54. The van der Waals surface area contributed by atoms with Crippen LogP contribution in [0.25, 0.3) is 0 Å². The van der Waals surface area contributed by atoms with Crippen LogP contribution in [-0.2, 0) is 6.54 Å². The molecule has 2 aliphatic rings. The van der Waals surface area contributed by atoms with E-state index in [0.29, 0.717) is 12.6 Å². The lowest BCUT2D eigenvalue weighted by Gasteiger charge is -2.34. The van der Waals surface area contributed by atoms with Gasteiger partial charge in [0.25, 0.3) is 0 Å². The van der Waals surface area contributed by atoms with E-state index in [4.69, 9.17) is 9.47 Å². The third kappa shape index (κ3) is 4.65. The number of nitrogens with zero attached hydrogens (tertiary/aromatic N) is 3. The predicted molar refractivity (Wildman–Crippen MR) is 123 cm³/mol. The van der Waals surface area contributed by atoms with Crippen molar-refractivity contribution in [3.8, 4) is 11.5 Å². The minimum Gasteiger partial charge on any atom is -0.493 e. The van der Waals surface area contributed by atoms with Gasteiger partial charge in [-0.1, -0.05) is 0 Å². The maximum atomic E-state index is 13.0. The Morgan fingerprint density at radius 2 is 1.55 bits per heavy atom. The molecule has 0 spiro atoms. The van der Waals surface area contributed by atoms with Crippen LogP contribution in [0.3, 0.4) is 0 Å². The molecule has 1 aliphatic heterocycles. The Morgan fingerprint density at radius 3 is 2.16 bits per heavy atom. The van der Waals surface area contributed by atoms with Gasteiger partial charge in [0.2, 0.25) is 0 Å². The van der Waals surface area contributed by atoms with Gasteiger partial charge in [-0.2, -0.15) is 0 Å². The Hall–Kier alpha value is -2.31. The molecule has 0 unspecified atom stereocenters. The molecule has 0 N–H and O–H groups in total. The maximum absolute atomic E-state index is 13.0. The van der Waals surface area contributed by atoms with E-state index in [1.807, 2.05) is 6.07 Å². The molecular formula is C25H35N3O3. The van der Waals surface area contributed by atoms with Gasteiger partial charge >= 0.3 is 0 Å². The summed E-state index contributed by atoms with van der Waals surface area (Å²) in [4.78, 5) is 17.7. The summed E-state index contributed by atoms with van der Waals surface area (Å²) < 4.78 is 13.2. The van der Waals surface area contributed by atoms with Crippen LogP contribution in [-0.4, -0.2) is 67.1 Å². The highest BCUT2D eigenvalue weighted by atomic mass is 16.5. The third-order valence-corrected chi connectivity index (χ3v) is 6.76. The van der Waals surface area contributed by atoms with E-state index in [9.17, 15) is 4.79 Å². The largest absolute Gasteiger partial charge is 0.493 e. The lowest BCUT2D eigenvalue weighted by molar-refractivity contribution is 0.0843. The van der Waals surface area contributed by atoms with Crippen LogP contribution in [0.5, 0.6) is 11.5 Å². The van der Waals surface area contributed by atoms with Crippen molar-refractivity contribution in [2.45, 2.75) is 46.2 Å². The first-order valence-corrected chi connectivity index (χ1v) is 11.3. The molecule has 0 amide bonds. The van der Waals surface area contributed by atoms with Gasteiger partial charge in [0.05, 0.1) is 20.8 Å². The Balaban J connectivity index is 1.33. The number of rotatable bonds is 8. The highest BCUT2D eigenvalue weighted by Crippen LogP contribution is 2.38. The Morgan fingerprint density at radius 1 is 0.935 bits per heavy atom. The van der Waals surface area contributed by atoms with Gasteiger partial charge < -0.3 is 14.0 Å². The van der Waals surface area contributed by atoms with Crippen molar-refractivity contribution in [2.75, 3.05) is 46.9 Å². The van der Waals surface area contributed by atoms with Gasteiger partial charge in [-0.15, -0.1) is 0 Å². The molecule has 2 heterocycles. The summed E-state index contributed by atoms with van der Waals surface area (Å²) >= 11 is 0. The summed E-state index contributed by atoms with van der Waals surface area (Å²) in [5.74, 6) is 1.80. The first-order valence-electron chi connectivity index (χ1n) is 11.3. The zero-order valence-electron chi connectivity index (χ0n) is 19.5. The molecular weight excluding hydrogens is 390 g/mol. The maximum Gasteiger partial charge on any atom is 0.178 e. The Bertz CT molecular complexity index is 953. The molecule has 2 aromatic rings. The molecule has 1 aromatic heterocycles. The van der Waals surface area contributed by atoms with Crippen molar-refractivity contribution in [2.24, 2.45) is 0 Å². The molecule has 6 nitrogen and oxygen atoms in total. The second-order valence-corrected chi connectivity index (χ2v) is 9.00. The van der Waals surface area contributed by atoms with E-state index in [2.05, 4.69) is 47.3 Å². The second kappa shape index (κ2) is 9.05.